The van der Waals surface area contributed by atoms with Crippen LogP contribution in [0.1, 0.15) is 46.7 Å². The van der Waals surface area contributed by atoms with Crippen LogP contribution in [0.4, 0.5) is 5.69 Å². The van der Waals surface area contributed by atoms with E-state index in [-0.39, 0.29) is 36.7 Å². The molecule has 2 amide bonds. The average molecular weight is 358 g/mol. The van der Waals surface area contributed by atoms with E-state index in [0.29, 0.717) is 11.3 Å². The van der Waals surface area contributed by atoms with Gasteiger partial charge >= 0.3 is 5.97 Å². The number of rotatable bonds is 7. The molecule has 1 aromatic heterocycles. The lowest BCUT2D eigenvalue weighted by Gasteiger charge is -2.11. The fraction of sp³-hybridized carbons (Fsp3) is 0.316. The molecule has 26 heavy (non-hydrogen) atoms. The SMILES string of the molecule is Cc1ccc(C(=O)NCCC(=O)OC(C)C)cc1NC(=O)c1ccco1. The normalized spacial score (nSPS) is 10.5. The van der Waals surface area contributed by atoms with Crippen molar-refractivity contribution in [3.05, 3.63) is 53.5 Å². The predicted molar refractivity (Wildman–Crippen MR) is 96.0 cm³/mol. The predicted octanol–water partition coefficient (Wildman–Crippen LogP) is 2.91. The number of aryl methyl sites for hydroxylation is 1. The second-order valence-corrected chi connectivity index (χ2v) is 6.01. The fourth-order valence-electron chi connectivity index (χ4n) is 2.19. The molecule has 0 aliphatic heterocycles. The lowest BCUT2D eigenvalue weighted by atomic mass is 10.1. The van der Waals surface area contributed by atoms with Crippen molar-refractivity contribution in [2.24, 2.45) is 0 Å². The van der Waals surface area contributed by atoms with Gasteiger partial charge in [0.2, 0.25) is 0 Å². The fourth-order valence-corrected chi connectivity index (χ4v) is 2.19. The first-order chi connectivity index (χ1) is 12.4. The number of anilines is 1. The maximum Gasteiger partial charge on any atom is 0.307 e. The van der Waals surface area contributed by atoms with Crippen LogP contribution in [-0.2, 0) is 9.53 Å². The molecule has 2 aromatic rings. The van der Waals surface area contributed by atoms with Crippen LogP contribution < -0.4 is 10.6 Å². The first kappa shape index (κ1) is 19.2. The molecule has 0 saturated heterocycles. The van der Waals surface area contributed by atoms with Gasteiger partial charge in [-0.05, 0) is 50.6 Å². The minimum Gasteiger partial charge on any atom is -0.463 e. The maximum absolute atomic E-state index is 12.2. The standard InChI is InChI=1S/C19H22N2O5/c1-12(2)26-17(22)8-9-20-18(23)14-7-6-13(3)15(11-14)21-19(24)16-5-4-10-25-16/h4-7,10-12H,8-9H2,1-3H3,(H,20,23)(H,21,24). The molecule has 2 rings (SSSR count). The molecule has 0 bridgehead atoms. The van der Waals surface area contributed by atoms with Crippen molar-refractivity contribution >= 4 is 23.5 Å². The first-order valence-corrected chi connectivity index (χ1v) is 8.30. The van der Waals surface area contributed by atoms with E-state index in [4.69, 9.17) is 9.15 Å². The van der Waals surface area contributed by atoms with E-state index in [0.717, 1.165) is 5.56 Å². The zero-order chi connectivity index (χ0) is 19.1. The summed E-state index contributed by atoms with van der Waals surface area (Å²) >= 11 is 0. The van der Waals surface area contributed by atoms with Gasteiger partial charge < -0.3 is 19.8 Å². The Morgan fingerprint density at radius 1 is 1.15 bits per heavy atom. The van der Waals surface area contributed by atoms with Crippen LogP contribution in [0.25, 0.3) is 0 Å². The summed E-state index contributed by atoms with van der Waals surface area (Å²) in [7, 11) is 0. The third-order valence-electron chi connectivity index (χ3n) is 3.47. The van der Waals surface area contributed by atoms with Gasteiger partial charge in [0.15, 0.2) is 5.76 Å². The van der Waals surface area contributed by atoms with Gasteiger partial charge in [0.25, 0.3) is 11.8 Å². The highest BCUT2D eigenvalue weighted by Gasteiger charge is 2.13. The number of carbonyl (C=O) groups is 3. The summed E-state index contributed by atoms with van der Waals surface area (Å²) in [6, 6.07) is 8.14. The molecule has 1 aromatic carbocycles. The van der Waals surface area contributed by atoms with Crippen LogP contribution in [0.15, 0.2) is 41.0 Å². The Morgan fingerprint density at radius 3 is 2.58 bits per heavy atom. The van der Waals surface area contributed by atoms with Crippen LogP contribution in [0, 0.1) is 6.92 Å². The van der Waals surface area contributed by atoms with Crippen molar-refractivity contribution in [1.29, 1.82) is 0 Å². The molecule has 0 spiro atoms. The number of hydrogen-bond donors (Lipinski definition) is 2. The molecule has 138 valence electrons. The quantitative estimate of drug-likeness (QED) is 0.742. The molecule has 1 heterocycles. The first-order valence-electron chi connectivity index (χ1n) is 8.30. The van der Waals surface area contributed by atoms with Crippen molar-refractivity contribution in [1.82, 2.24) is 5.32 Å². The minimum absolute atomic E-state index is 0.0951. The zero-order valence-electron chi connectivity index (χ0n) is 15.0. The number of esters is 1. The van der Waals surface area contributed by atoms with E-state index >= 15 is 0 Å². The molecule has 0 aliphatic carbocycles. The van der Waals surface area contributed by atoms with Gasteiger partial charge in [-0.25, -0.2) is 0 Å². The van der Waals surface area contributed by atoms with Crippen molar-refractivity contribution in [3.8, 4) is 0 Å². The van der Waals surface area contributed by atoms with Crippen LogP contribution in [0.2, 0.25) is 0 Å². The Kier molecular flexibility index (Phi) is 6.54. The molecule has 0 aliphatic rings. The Labute approximate surface area is 151 Å². The topological polar surface area (TPSA) is 97.6 Å². The van der Waals surface area contributed by atoms with Gasteiger partial charge in [0.05, 0.1) is 18.8 Å². The summed E-state index contributed by atoms with van der Waals surface area (Å²) in [6.07, 6.45) is 1.32. The largest absolute Gasteiger partial charge is 0.463 e. The Morgan fingerprint density at radius 2 is 1.92 bits per heavy atom. The number of hydrogen-bond acceptors (Lipinski definition) is 5. The monoisotopic (exact) mass is 358 g/mol. The van der Waals surface area contributed by atoms with Crippen LogP contribution in [0.3, 0.4) is 0 Å². The van der Waals surface area contributed by atoms with Crippen LogP contribution >= 0.6 is 0 Å². The summed E-state index contributed by atoms with van der Waals surface area (Å²) in [4.78, 5) is 35.8. The van der Waals surface area contributed by atoms with Gasteiger partial charge in [-0.3, -0.25) is 14.4 Å². The van der Waals surface area contributed by atoms with E-state index < -0.39 is 5.91 Å². The third-order valence-corrected chi connectivity index (χ3v) is 3.47. The smallest absolute Gasteiger partial charge is 0.307 e. The number of nitrogens with one attached hydrogen (secondary N) is 2. The second-order valence-electron chi connectivity index (χ2n) is 6.01. The molecule has 0 fully saturated rings. The zero-order valence-corrected chi connectivity index (χ0v) is 15.0. The Balaban J connectivity index is 1.96. The van der Waals surface area contributed by atoms with Crippen LogP contribution in [-0.4, -0.2) is 30.4 Å². The highest BCUT2D eigenvalue weighted by atomic mass is 16.5. The van der Waals surface area contributed by atoms with E-state index in [1.165, 1.54) is 6.26 Å². The third kappa shape index (κ3) is 5.47. The Hall–Kier alpha value is -3.09. The molecular weight excluding hydrogens is 336 g/mol. The highest BCUT2D eigenvalue weighted by Crippen LogP contribution is 2.18. The molecule has 0 saturated carbocycles. The van der Waals surface area contributed by atoms with E-state index in [2.05, 4.69) is 10.6 Å². The molecular formula is C19H22N2O5. The average Bonchev–Trinajstić information content (AvgIpc) is 3.10. The molecule has 0 atom stereocenters. The van der Waals surface area contributed by atoms with Gasteiger partial charge in [0.1, 0.15) is 0 Å². The number of amides is 2. The molecule has 0 unspecified atom stereocenters. The summed E-state index contributed by atoms with van der Waals surface area (Å²) in [5.74, 6) is -0.915. The minimum atomic E-state index is -0.396. The summed E-state index contributed by atoms with van der Waals surface area (Å²) in [5, 5.41) is 5.38. The van der Waals surface area contributed by atoms with Crippen molar-refractivity contribution in [2.45, 2.75) is 33.3 Å². The van der Waals surface area contributed by atoms with E-state index in [1.807, 2.05) is 6.92 Å². The van der Waals surface area contributed by atoms with Gasteiger partial charge in [-0.15, -0.1) is 0 Å². The van der Waals surface area contributed by atoms with E-state index in [1.54, 1.807) is 44.2 Å². The second kappa shape index (κ2) is 8.84. The summed E-state index contributed by atoms with van der Waals surface area (Å²) in [6.45, 7) is 5.52. The Bertz CT molecular complexity index is 781. The number of carbonyl (C=O) groups excluding carboxylic acids is 3. The van der Waals surface area contributed by atoms with Crippen molar-refractivity contribution in [2.75, 3.05) is 11.9 Å². The number of ether oxygens (including phenoxy) is 1. The van der Waals surface area contributed by atoms with Gasteiger partial charge in [-0.2, -0.15) is 0 Å². The van der Waals surface area contributed by atoms with Crippen LogP contribution in [0.5, 0.6) is 0 Å². The number of furan rings is 1. The molecule has 0 radical (unpaired) electrons. The highest BCUT2D eigenvalue weighted by molar-refractivity contribution is 6.03. The number of benzene rings is 1. The summed E-state index contributed by atoms with van der Waals surface area (Å²) in [5.41, 5.74) is 1.70. The van der Waals surface area contributed by atoms with Gasteiger partial charge in [-0.1, -0.05) is 6.07 Å². The summed E-state index contributed by atoms with van der Waals surface area (Å²) < 4.78 is 10.1. The van der Waals surface area contributed by atoms with Crippen molar-refractivity contribution < 1.29 is 23.5 Å². The maximum atomic E-state index is 12.2. The van der Waals surface area contributed by atoms with E-state index in [9.17, 15) is 14.4 Å². The van der Waals surface area contributed by atoms with Crippen molar-refractivity contribution in [3.63, 3.8) is 0 Å². The molecule has 2 N–H and O–H groups in total. The lowest BCUT2D eigenvalue weighted by molar-refractivity contribution is -0.147. The van der Waals surface area contributed by atoms with Gasteiger partial charge in [0, 0.05) is 17.8 Å². The lowest BCUT2D eigenvalue weighted by Crippen LogP contribution is -2.27. The molecule has 7 nitrogen and oxygen atoms in total. The molecule has 7 heteroatoms.